The summed E-state index contributed by atoms with van der Waals surface area (Å²) in [6.07, 6.45) is 0.971. The van der Waals surface area contributed by atoms with Crippen molar-refractivity contribution < 1.29 is 0 Å². The lowest BCUT2D eigenvalue weighted by molar-refractivity contribution is 0.200. The molecule has 0 spiro atoms. The summed E-state index contributed by atoms with van der Waals surface area (Å²) in [5.41, 5.74) is 2.42. The highest BCUT2D eigenvalue weighted by molar-refractivity contribution is 9.10. The Morgan fingerprint density at radius 2 is 2.05 bits per heavy atom. The normalized spacial score (nSPS) is 17.1. The lowest BCUT2D eigenvalue weighted by Gasteiger charge is -2.29. The number of nitrogens with one attached hydrogen (secondary N) is 1. The monoisotopic (exact) mass is 343 g/mol. The van der Waals surface area contributed by atoms with Crippen LogP contribution in [-0.4, -0.2) is 65.9 Å². The maximum Gasteiger partial charge on any atom is 0.0767 e. The highest BCUT2D eigenvalue weighted by atomic mass is 79.9. The van der Waals surface area contributed by atoms with Gasteiger partial charge in [0.25, 0.3) is 0 Å². The van der Waals surface area contributed by atoms with Gasteiger partial charge in [0.15, 0.2) is 0 Å². The summed E-state index contributed by atoms with van der Waals surface area (Å²) in [5, 5.41) is 7.95. The van der Waals surface area contributed by atoms with E-state index in [4.69, 9.17) is 0 Å². The van der Waals surface area contributed by atoms with Gasteiger partial charge in [-0.05, 0) is 29.4 Å². The van der Waals surface area contributed by atoms with Crippen molar-refractivity contribution in [3.63, 3.8) is 0 Å². The Kier molecular flexibility index (Phi) is 6.01. The quantitative estimate of drug-likeness (QED) is 0.838. The highest BCUT2D eigenvalue weighted by Crippen LogP contribution is 2.22. The maximum absolute atomic E-state index is 4.56. The molecule has 20 heavy (non-hydrogen) atoms. The first-order valence-corrected chi connectivity index (χ1v) is 8.23. The Bertz CT molecular complexity index is 425. The van der Waals surface area contributed by atoms with E-state index in [2.05, 4.69) is 50.1 Å². The van der Waals surface area contributed by atoms with Gasteiger partial charge in [0.05, 0.1) is 15.9 Å². The van der Waals surface area contributed by atoms with Crippen molar-refractivity contribution in [3.05, 3.63) is 15.9 Å². The van der Waals surface area contributed by atoms with Crippen LogP contribution in [0.15, 0.2) is 4.47 Å². The number of likely N-dealkylation sites (N-methyl/N-ethyl adjacent to an activating group) is 1. The molecule has 2 heterocycles. The minimum atomic E-state index is 0.941. The highest BCUT2D eigenvalue weighted by Gasteiger charge is 2.15. The smallest absolute Gasteiger partial charge is 0.0767 e. The van der Waals surface area contributed by atoms with Crippen LogP contribution in [0.4, 0.5) is 0 Å². The number of rotatable bonds is 6. The zero-order valence-corrected chi connectivity index (χ0v) is 14.4. The van der Waals surface area contributed by atoms with E-state index >= 15 is 0 Å². The topological polar surface area (TPSA) is 36.3 Å². The van der Waals surface area contributed by atoms with E-state index in [-0.39, 0.29) is 0 Å². The molecule has 0 aliphatic carbocycles. The first-order valence-electron chi connectivity index (χ1n) is 7.43. The van der Waals surface area contributed by atoms with Crippen molar-refractivity contribution in [2.75, 3.05) is 46.3 Å². The second-order valence-corrected chi connectivity index (χ2v) is 6.31. The first-order chi connectivity index (χ1) is 9.61. The number of hydrogen-bond acceptors (Lipinski definition) is 4. The maximum atomic E-state index is 4.56. The van der Waals surface area contributed by atoms with Crippen molar-refractivity contribution in [2.24, 2.45) is 7.05 Å². The summed E-state index contributed by atoms with van der Waals surface area (Å²) in [7, 11) is 4.22. The van der Waals surface area contributed by atoms with E-state index in [1.165, 1.54) is 23.3 Å². The van der Waals surface area contributed by atoms with Crippen LogP contribution in [0.25, 0.3) is 0 Å². The Morgan fingerprint density at radius 3 is 2.65 bits per heavy atom. The van der Waals surface area contributed by atoms with Gasteiger partial charge in [0.1, 0.15) is 0 Å². The third kappa shape index (κ3) is 4.04. The van der Waals surface area contributed by atoms with Gasteiger partial charge in [0, 0.05) is 52.9 Å². The molecule has 0 unspecified atom stereocenters. The van der Waals surface area contributed by atoms with Gasteiger partial charge < -0.3 is 5.32 Å². The fourth-order valence-corrected chi connectivity index (χ4v) is 3.31. The molecule has 1 N–H and O–H groups in total. The standard InChI is InChI=1S/C14H26BrN5/c1-4-12-14(15)13(19(3)17-12)11-18(2)9-10-20-7-5-16-6-8-20/h16H,4-11H2,1-3H3. The molecule has 1 aliphatic heterocycles. The average Bonchev–Trinajstić information content (AvgIpc) is 2.73. The predicted octanol–water partition coefficient (Wildman–Crippen LogP) is 1.08. The van der Waals surface area contributed by atoms with Gasteiger partial charge in [-0.3, -0.25) is 14.5 Å². The molecule has 1 saturated heterocycles. The minimum absolute atomic E-state index is 0.941. The molecule has 1 aromatic rings. The molecule has 0 radical (unpaired) electrons. The van der Waals surface area contributed by atoms with E-state index in [1.54, 1.807) is 0 Å². The molecule has 114 valence electrons. The zero-order valence-electron chi connectivity index (χ0n) is 12.8. The van der Waals surface area contributed by atoms with Crippen LogP contribution in [0, 0.1) is 0 Å². The Hall–Kier alpha value is -0.430. The molecule has 5 nitrogen and oxygen atoms in total. The van der Waals surface area contributed by atoms with Gasteiger partial charge in [-0.25, -0.2) is 0 Å². The lowest BCUT2D eigenvalue weighted by Crippen LogP contribution is -2.45. The zero-order chi connectivity index (χ0) is 14.5. The molecular formula is C14H26BrN5. The largest absolute Gasteiger partial charge is 0.314 e. The second-order valence-electron chi connectivity index (χ2n) is 5.51. The Balaban J connectivity index is 1.84. The summed E-state index contributed by atoms with van der Waals surface area (Å²) < 4.78 is 3.18. The van der Waals surface area contributed by atoms with Crippen LogP contribution in [0.2, 0.25) is 0 Å². The van der Waals surface area contributed by atoms with E-state index in [9.17, 15) is 0 Å². The molecule has 1 aliphatic rings. The molecule has 0 atom stereocenters. The Morgan fingerprint density at radius 1 is 1.35 bits per heavy atom. The summed E-state index contributed by atoms with van der Waals surface area (Å²) in [4.78, 5) is 4.91. The van der Waals surface area contributed by atoms with Gasteiger partial charge in [-0.2, -0.15) is 5.10 Å². The molecule has 0 bridgehead atoms. The van der Waals surface area contributed by atoms with E-state index < -0.39 is 0 Å². The van der Waals surface area contributed by atoms with Crippen LogP contribution >= 0.6 is 15.9 Å². The molecule has 0 aromatic carbocycles. The lowest BCUT2D eigenvalue weighted by atomic mass is 10.3. The summed E-state index contributed by atoms with van der Waals surface area (Å²) in [5.74, 6) is 0. The van der Waals surface area contributed by atoms with Crippen molar-refractivity contribution in [1.82, 2.24) is 24.9 Å². The van der Waals surface area contributed by atoms with Crippen LogP contribution < -0.4 is 5.32 Å². The number of halogens is 1. The molecule has 0 saturated carbocycles. The molecule has 0 amide bonds. The van der Waals surface area contributed by atoms with Crippen LogP contribution in [-0.2, 0) is 20.0 Å². The fourth-order valence-electron chi connectivity index (χ4n) is 2.57. The molecule has 6 heteroatoms. The van der Waals surface area contributed by atoms with Gasteiger partial charge >= 0.3 is 0 Å². The summed E-state index contributed by atoms with van der Waals surface area (Å²) >= 11 is 3.69. The van der Waals surface area contributed by atoms with Gasteiger partial charge in [0.2, 0.25) is 0 Å². The number of aryl methyl sites for hydroxylation is 2. The number of aromatic nitrogens is 2. The van der Waals surface area contributed by atoms with Crippen LogP contribution in [0.3, 0.4) is 0 Å². The van der Waals surface area contributed by atoms with Crippen molar-refractivity contribution in [2.45, 2.75) is 19.9 Å². The van der Waals surface area contributed by atoms with Crippen LogP contribution in [0.1, 0.15) is 18.3 Å². The fraction of sp³-hybridized carbons (Fsp3) is 0.786. The van der Waals surface area contributed by atoms with Crippen LogP contribution in [0.5, 0.6) is 0 Å². The third-order valence-electron chi connectivity index (χ3n) is 3.93. The molecule has 2 rings (SSSR count). The van der Waals surface area contributed by atoms with Crippen molar-refractivity contribution >= 4 is 15.9 Å². The van der Waals surface area contributed by atoms with Gasteiger partial charge in [-0.1, -0.05) is 6.92 Å². The van der Waals surface area contributed by atoms with Gasteiger partial charge in [-0.15, -0.1) is 0 Å². The minimum Gasteiger partial charge on any atom is -0.314 e. The van der Waals surface area contributed by atoms with E-state index in [0.717, 1.165) is 44.8 Å². The summed E-state index contributed by atoms with van der Waals surface area (Å²) in [6.45, 7) is 9.91. The predicted molar refractivity (Wildman–Crippen MR) is 85.9 cm³/mol. The molecule has 1 fully saturated rings. The van der Waals surface area contributed by atoms with E-state index in [1.807, 2.05) is 11.7 Å². The average molecular weight is 344 g/mol. The molecular weight excluding hydrogens is 318 g/mol. The number of piperazine rings is 1. The van der Waals surface area contributed by atoms with Crippen molar-refractivity contribution in [1.29, 1.82) is 0 Å². The SMILES string of the molecule is CCc1nn(C)c(CN(C)CCN2CCNCC2)c1Br. The van der Waals surface area contributed by atoms with E-state index in [0.29, 0.717) is 0 Å². The molecule has 1 aromatic heterocycles. The number of hydrogen-bond donors (Lipinski definition) is 1. The summed E-state index contributed by atoms with van der Waals surface area (Å²) in [6, 6.07) is 0. The first kappa shape index (κ1) is 15.9. The van der Waals surface area contributed by atoms with Crippen molar-refractivity contribution in [3.8, 4) is 0 Å². The number of nitrogens with zero attached hydrogens (tertiary/aromatic N) is 4. The Labute approximate surface area is 130 Å². The second kappa shape index (κ2) is 7.54. The third-order valence-corrected chi connectivity index (χ3v) is 4.85.